The number of anilines is 1. The van der Waals surface area contributed by atoms with E-state index in [1.807, 2.05) is 11.6 Å². The van der Waals surface area contributed by atoms with Crippen LogP contribution in [0.5, 0.6) is 0 Å². The molecule has 0 aromatic carbocycles. The number of piperidine rings is 1. The van der Waals surface area contributed by atoms with Crippen LogP contribution >= 0.6 is 11.3 Å². The first kappa shape index (κ1) is 9.93. The van der Waals surface area contributed by atoms with Gasteiger partial charge < -0.3 is 0 Å². The highest BCUT2D eigenvalue weighted by atomic mass is 32.1. The number of aromatic nitrogens is 1. The second-order valence-electron chi connectivity index (χ2n) is 3.99. The fourth-order valence-electron chi connectivity index (χ4n) is 2.03. The Kier molecular flexibility index (Phi) is 3.03. The Balaban J connectivity index is 2.01. The van der Waals surface area contributed by atoms with Crippen LogP contribution in [0, 0.1) is 0 Å². The molecular formula is C10H17N3S. The number of hydrogen-bond acceptors (Lipinski definition) is 4. The molecule has 1 N–H and O–H groups in total. The van der Waals surface area contributed by atoms with Crippen molar-refractivity contribution >= 4 is 16.5 Å². The fraction of sp³-hybridized carbons (Fsp3) is 0.700. The molecule has 0 spiro atoms. The number of hydrogen-bond donors (Lipinski definition) is 1. The number of nitrogens with one attached hydrogen (secondary N) is 1. The molecule has 0 amide bonds. The van der Waals surface area contributed by atoms with Crippen LogP contribution in [0.2, 0.25) is 0 Å². The molecule has 0 radical (unpaired) electrons. The van der Waals surface area contributed by atoms with E-state index in [0.29, 0.717) is 12.1 Å². The maximum absolute atomic E-state index is 4.24. The molecule has 0 aliphatic carbocycles. The second kappa shape index (κ2) is 4.28. The molecule has 3 nitrogen and oxygen atoms in total. The van der Waals surface area contributed by atoms with Gasteiger partial charge in [0.05, 0.1) is 0 Å². The first-order valence-electron chi connectivity index (χ1n) is 5.22. The van der Waals surface area contributed by atoms with Gasteiger partial charge in [-0.25, -0.2) is 9.99 Å². The number of hydrazine groups is 1. The summed E-state index contributed by atoms with van der Waals surface area (Å²) in [5.74, 6) is 0. The smallest absolute Gasteiger partial charge is 0.197 e. The molecule has 1 aliphatic heterocycles. The zero-order chi connectivity index (χ0) is 9.97. The van der Waals surface area contributed by atoms with Gasteiger partial charge in [0.2, 0.25) is 0 Å². The standard InChI is InChI=1S/C10H17N3S/c1-8-4-3-5-9(2)13(8)12-10-11-6-7-14-10/h6-9H,3-5H2,1-2H3,(H,11,12). The Morgan fingerprint density at radius 1 is 1.43 bits per heavy atom. The van der Waals surface area contributed by atoms with Crippen LogP contribution < -0.4 is 5.43 Å². The summed E-state index contributed by atoms with van der Waals surface area (Å²) < 4.78 is 0. The lowest BCUT2D eigenvalue weighted by Crippen LogP contribution is -2.47. The minimum absolute atomic E-state index is 0.614. The molecule has 1 aromatic rings. The summed E-state index contributed by atoms with van der Waals surface area (Å²) >= 11 is 1.66. The van der Waals surface area contributed by atoms with E-state index in [0.717, 1.165) is 5.13 Å². The van der Waals surface area contributed by atoms with E-state index in [9.17, 15) is 0 Å². The van der Waals surface area contributed by atoms with Gasteiger partial charge in [0.25, 0.3) is 0 Å². The minimum Gasteiger partial charge on any atom is -0.294 e. The lowest BCUT2D eigenvalue weighted by molar-refractivity contribution is 0.135. The SMILES string of the molecule is CC1CCCC(C)N1Nc1nccs1. The summed E-state index contributed by atoms with van der Waals surface area (Å²) in [5, 5.41) is 5.34. The molecule has 1 fully saturated rings. The highest BCUT2D eigenvalue weighted by molar-refractivity contribution is 7.13. The van der Waals surface area contributed by atoms with Crippen molar-refractivity contribution in [2.24, 2.45) is 0 Å². The highest BCUT2D eigenvalue weighted by Gasteiger charge is 2.24. The molecular weight excluding hydrogens is 194 g/mol. The maximum Gasteiger partial charge on any atom is 0.197 e. The lowest BCUT2D eigenvalue weighted by atomic mass is 10.00. The average molecular weight is 211 g/mol. The topological polar surface area (TPSA) is 28.2 Å². The van der Waals surface area contributed by atoms with Gasteiger partial charge in [-0.2, -0.15) is 0 Å². The monoisotopic (exact) mass is 211 g/mol. The third-order valence-corrected chi connectivity index (χ3v) is 3.53. The number of thiazole rings is 1. The molecule has 1 aliphatic rings. The molecule has 2 atom stereocenters. The van der Waals surface area contributed by atoms with E-state index in [4.69, 9.17) is 0 Å². The van der Waals surface area contributed by atoms with Crippen LogP contribution in [0.15, 0.2) is 11.6 Å². The van der Waals surface area contributed by atoms with E-state index in [2.05, 4.69) is 29.3 Å². The zero-order valence-electron chi connectivity index (χ0n) is 8.73. The van der Waals surface area contributed by atoms with Gasteiger partial charge in [-0.1, -0.05) is 6.42 Å². The summed E-state index contributed by atoms with van der Waals surface area (Å²) in [4.78, 5) is 4.24. The van der Waals surface area contributed by atoms with Crippen LogP contribution in [0.4, 0.5) is 5.13 Å². The minimum atomic E-state index is 0.614. The van der Waals surface area contributed by atoms with Crippen LogP contribution in [0.25, 0.3) is 0 Å². The first-order valence-corrected chi connectivity index (χ1v) is 6.10. The largest absolute Gasteiger partial charge is 0.294 e. The maximum atomic E-state index is 4.24. The van der Waals surface area contributed by atoms with Crippen LogP contribution in [-0.2, 0) is 0 Å². The second-order valence-corrected chi connectivity index (χ2v) is 4.88. The summed E-state index contributed by atoms with van der Waals surface area (Å²) in [7, 11) is 0. The predicted octanol–water partition coefficient (Wildman–Crippen LogP) is 2.73. The molecule has 2 unspecified atom stereocenters. The molecule has 2 heterocycles. The molecule has 0 bridgehead atoms. The van der Waals surface area contributed by atoms with Crippen LogP contribution in [0.3, 0.4) is 0 Å². The molecule has 14 heavy (non-hydrogen) atoms. The van der Waals surface area contributed by atoms with E-state index in [1.165, 1.54) is 19.3 Å². The van der Waals surface area contributed by atoms with Crippen molar-refractivity contribution in [3.63, 3.8) is 0 Å². The van der Waals surface area contributed by atoms with Gasteiger partial charge >= 0.3 is 0 Å². The Bertz CT molecular complexity index is 263. The van der Waals surface area contributed by atoms with Crippen molar-refractivity contribution in [3.05, 3.63) is 11.6 Å². The van der Waals surface area contributed by atoms with E-state index in [-0.39, 0.29) is 0 Å². The Morgan fingerprint density at radius 3 is 2.71 bits per heavy atom. The summed E-state index contributed by atoms with van der Waals surface area (Å²) in [5.41, 5.74) is 3.40. The molecule has 1 saturated heterocycles. The van der Waals surface area contributed by atoms with Crippen molar-refractivity contribution in [1.82, 2.24) is 9.99 Å². The molecule has 4 heteroatoms. The highest BCUT2D eigenvalue weighted by Crippen LogP contribution is 2.23. The Hall–Kier alpha value is -0.610. The molecule has 78 valence electrons. The van der Waals surface area contributed by atoms with Gasteiger partial charge in [0, 0.05) is 23.7 Å². The molecule has 0 saturated carbocycles. The third kappa shape index (κ3) is 2.07. The van der Waals surface area contributed by atoms with Crippen molar-refractivity contribution in [2.45, 2.75) is 45.2 Å². The van der Waals surface area contributed by atoms with Crippen molar-refractivity contribution < 1.29 is 0 Å². The predicted molar refractivity (Wildman–Crippen MR) is 60.4 cm³/mol. The van der Waals surface area contributed by atoms with Gasteiger partial charge in [-0.05, 0) is 26.7 Å². The molecule has 1 aromatic heterocycles. The van der Waals surface area contributed by atoms with Gasteiger partial charge in [0.1, 0.15) is 0 Å². The third-order valence-electron chi connectivity index (χ3n) is 2.85. The van der Waals surface area contributed by atoms with Gasteiger partial charge in [0.15, 0.2) is 5.13 Å². The molecule has 2 rings (SSSR count). The van der Waals surface area contributed by atoms with E-state index < -0.39 is 0 Å². The van der Waals surface area contributed by atoms with Crippen molar-refractivity contribution in [2.75, 3.05) is 5.43 Å². The van der Waals surface area contributed by atoms with E-state index >= 15 is 0 Å². The number of nitrogens with zero attached hydrogens (tertiary/aromatic N) is 2. The van der Waals surface area contributed by atoms with Crippen molar-refractivity contribution in [1.29, 1.82) is 0 Å². The van der Waals surface area contributed by atoms with Gasteiger partial charge in [-0.15, -0.1) is 11.3 Å². The zero-order valence-corrected chi connectivity index (χ0v) is 9.55. The summed E-state index contributed by atoms with van der Waals surface area (Å²) in [6.45, 7) is 4.55. The average Bonchev–Trinajstić information content (AvgIpc) is 2.64. The summed E-state index contributed by atoms with van der Waals surface area (Å²) in [6, 6.07) is 1.23. The Morgan fingerprint density at radius 2 is 2.14 bits per heavy atom. The number of rotatable bonds is 2. The Labute approximate surface area is 89.1 Å². The van der Waals surface area contributed by atoms with Crippen LogP contribution in [-0.4, -0.2) is 22.1 Å². The quantitative estimate of drug-likeness (QED) is 0.815. The fourth-order valence-corrected chi connectivity index (χ4v) is 2.56. The summed E-state index contributed by atoms with van der Waals surface area (Å²) in [6.07, 6.45) is 5.75. The van der Waals surface area contributed by atoms with Crippen molar-refractivity contribution in [3.8, 4) is 0 Å². The lowest BCUT2D eigenvalue weighted by Gasteiger charge is -2.38. The van der Waals surface area contributed by atoms with Gasteiger partial charge in [-0.3, -0.25) is 5.43 Å². The van der Waals surface area contributed by atoms with Crippen LogP contribution in [0.1, 0.15) is 33.1 Å². The first-order chi connectivity index (χ1) is 6.77. The normalized spacial score (nSPS) is 29.0. The van der Waals surface area contributed by atoms with E-state index in [1.54, 1.807) is 11.3 Å².